The minimum atomic E-state index is -5.04. The van der Waals surface area contributed by atoms with E-state index < -0.39 is 17.6 Å². The highest BCUT2D eigenvalue weighted by Gasteiger charge is 2.47. The number of halogens is 3. The standard InChI is InChI=1S/C18H23F3N2O3/c1-3-22(4-2)15(24)17(14-8-6-5-7-9-14)10-12-23(13-11-17)26-16(25)18(19,20)21/h5-9H,3-4,10-13H2,1-2H3. The maximum Gasteiger partial charge on any atom is 0.492 e. The van der Waals surface area contributed by atoms with Gasteiger partial charge in [0.2, 0.25) is 5.91 Å². The van der Waals surface area contributed by atoms with E-state index in [4.69, 9.17) is 0 Å². The van der Waals surface area contributed by atoms with Gasteiger partial charge in [-0.3, -0.25) is 4.79 Å². The number of piperidine rings is 1. The number of likely N-dealkylation sites (N-methyl/N-ethyl adjacent to an activating group) is 1. The fraction of sp³-hybridized carbons (Fsp3) is 0.556. The lowest BCUT2D eigenvalue weighted by molar-refractivity contribution is -0.242. The maximum absolute atomic E-state index is 13.2. The van der Waals surface area contributed by atoms with Gasteiger partial charge in [0.15, 0.2) is 0 Å². The van der Waals surface area contributed by atoms with Crippen LogP contribution in [0.5, 0.6) is 0 Å². The number of hydrogen-bond acceptors (Lipinski definition) is 4. The van der Waals surface area contributed by atoms with Gasteiger partial charge in [0.05, 0.1) is 5.41 Å². The van der Waals surface area contributed by atoms with E-state index >= 15 is 0 Å². The van der Waals surface area contributed by atoms with Crippen molar-refractivity contribution in [1.29, 1.82) is 0 Å². The zero-order valence-electron chi connectivity index (χ0n) is 14.9. The number of rotatable bonds is 5. The number of carbonyl (C=O) groups excluding carboxylic acids is 2. The molecule has 1 fully saturated rings. The highest BCUT2D eigenvalue weighted by molar-refractivity contribution is 5.88. The van der Waals surface area contributed by atoms with Crippen molar-refractivity contribution >= 4 is 11.9 Å². The van der Waals surface area contributed by atoms with Gasteiger partial charge >= 0.3 is 12.1 Å². The van der Waals surface area contributed by atoms with Crippen LogP contribution in [0.2, 0.25) is 0 Å². The third kappa shape index (κ3) is 4.17. The topological polar surface area (TPSA) is 49.9 Å². The summed E-state index contributed by atoms with van der Waals surface area (Å²) in [7, 11) is 0. The van der Waals surface area contributed by atoms with E-state index in [1.54, 1.807) is 4.90 Å². The molecule has 0 saturated carbocycles. The van der Waals surface area contributed by atoms with E-state index in [0.717, 1.165) is 10.6 Å². The Morgan fingerprint density at radius 3 is 2.12 bits per heavy atom. The molecule has 0 unspecified atom stereocenters. The van der Waals surface area contributed by atoms with Crippen molar-refractivity contribution in [2.24, 2.45) is 0 Å². The van der Waals surface area contributed by atoms with E-state index in [9.17, 15) is 22.8 Å². The Morgan fingerprint density at radius 2 is 1.65 bits per heavy atom. The molecule has 0 aromatic heterocycles. The van der Waals surface area contributed by atoms with E-state index in [2.05, 4.69) is 4.84 Å². The average molecular weight is 372 g/mol. The first kappa shape index (κ1) is 20.2. The van der Waals surface area contributed by atoms with Crippen molar-refractivity contribution in [3.05, 3.63) is 35.9 Å². The van der Waals surface area contributed by atoms with Crippen molar-refractivity contribution < 1.29 is 27.6 Å². The molecule has 8 heteroatoms. The van der Waals surface area contributed by atoms with E-state index in [-0.39, 0.29) is 31.8 Å². The van der Waals surface area contributed by atoms with Gasteiger partial charge in [0, 0.05) is 26.2 Å². The van der Waals surface area contributed by atoms with Crippen LogP contribution in [0.15, 0.2) is 30.3 Å². The summed E-state index contributed by atoms with van der Waals surface area (Å²) in [6.07, 6.45) is -4.49. The Hall–Kier alpha value is -2.09. The molecule has 1 amide bonds. The molecule has 0 N–H and O–H groups in total. The van der Waals surface area contributed by atoms with Crippen LogP contribution in [0.25, 0.3) is 0 Å². The molecule has 0 radical (unpaired) electrons. The zero-order chi connectivity index (χ0) is 19.4. The van der Waals surface area contributed by atoms with Gasteiger partial charge in [-0.25, -0.2) is 4.79 Å². The normalized spacial score (nSPS) is 17.6. The van der Waals surface area contributed by atoms with E-state index in [1.165, 1.54) is 0 Å². The van der Waals surface area contributed by atoms with Crippen LogP contribution in [-0.4, -0.2) is 54.2 Å². The third-order valence-electron chi connectivity index (χ3n) is 4.81. The van der Waals surface area contributed by atoms with Crippen LogP contribution in [0, 0.1) is 0 Å². The van der Waals surface area contributed by atoms with Crippen molar-refractivity contribution in [3.8, 4) is 0 Å². The fourth-order valence-electron chi connectivity index (χ4n) is 3.32. The minimum absolute atomic E-state index is 0.0458. The molecule has 2 rings (SSSR count). The van der Waals surface area contributed by atoms with Crippen molar-refractivity contribution in [3.63, 3.8) is 0 Å². The van der Waals surface area contributed by atoms with E-state index in [0.29, 0.717) is 13.1 Å². The summed E-state index contributed by atoms with van der Waals surface area (Å²) < 4.78 is 37.2. The summed E-state index contributed by atoms with van der Waals surface area (Å²) in [5.74, 6) is -2.28. The highest BCUT2D eigenvalue weighted by Crippen LogP contribution is 2.38. The van der Waals surface area contributed by atoms with Gasteiger partial charge in [0.1, 0.15) is 0 Å². The molecular formula is C18H23F3N2O3. The Kier molecular flexibility index (Phi) is 6.28. The average Bonchev–Trinajstić information content (AvgIpc) is 2.63. The molecule has 1 saturated heterocycles. The largest absolute Gasteiger partial charge is 0.492 e. The molecule has 1 heterocycles. The Balaban J connectivity index is 2.21. The molecule has 1 aliphatic rings. The summed E-state index contributed by atoms with van der Waals surface area (Å²) in [5, 5.41) is 0.993. The zero-order valence-corrected chi connectivity index (χ0v) is 14.9. The van der Waals surface area contributed by atoms with Gasteiger partial charge in [-0.1, -0.05) is 30.3 Å². The van der Waals surface area contributed by atoms with Crippen molar-refractivity contribution in [2.75, 3.05) is 26.2 Å². The number of nitrogens with zero attached hydrogens (tertiary/aromatic N) is 2. The number of hydrogen-bond donors (Lipinski definition) is 0. The molecule has 1 aromatic rings. The molecule has 0 spiro atoms. The first-order valence-corrected chi connectivity index (χ1v) is 8.63. The van der Waals surface area contributed by atoms with Gasteiger partial charge in [-0.2, -0.15) is 13.2 Å². The van der Waals surface area contributed by atoms with Crippen LogP contribution in [0.1, 0.15) is 32.3 Å². The highest BCUT2D eigenvalue weighted by atomic mass is 19.4. The summed E-state index contributed by atoms with van der Waals surface area (Å²) in [6, 6.07) is 9.24. The second-order valence-corrected chi connectivity index (χ2v) is 6.23. The van der Waals surface area contributed by atoms with Crippen LogP contribution >= 0.6 is 0 Å². The number of hydroxylamine groups is 2. The molecule has 5 nitrogen and oxygen atoms in total. The molecule has 26 heavy (non-hydrogen) atoms. The Bertz CT molecular complexity index is 622. The summed E-state index contributed by atoms with van der Waals surface area (Å²) in [4.78, 5) is 30.4. The fourth-order valence-corrected chi connectivity index (χ4v) is 3.32. The first-order valence-electron chi connectivity index (χ1n) is 8.63. The molecule has 1 aliphatic heterocycles. The molecule has 1 aromatic carbocycles. The SMILES string of the molecule is CCN(CC)C(=O)C1(c2ccccc2)CCN(OC(=O)C(F)(F)F)CC1. The van der Waals surface area contributed by atoms with Gasteiger partial charge in [0.25, 0.3) is 0 Å². The van der Waals surface area contributed by atoms with Crippen molar-refractivity contribution in [1.82, 2.24) is 9.96 Å². The third-order valence-corrected chi connectivity index (χ3v) is 4.81. The van der Waals surface area contributed by atoms with Crippen LogP contribution < -0.4 is 0 Å². The van der Waals surface area contributed by atoms with Gasteiger partial charge in [-0.15, -0.1) is 5.06 Å². The van der Waals surface area contributed by atoms with Crippen molar-refractivity contribution in [2.45, 2.75) is 38.3 Å². The second-order valence-electron chi connectivity index (χ2n) is 6.23. The van der Waals surface area contributed by atoms with E-state index in [1.807, 2.05) is 44.2 Å². The molecule has 0 atom stereocenters. The summed E-state index contributed by atoms with van der Waals surface area (Å²) in [5.41, 5.74) is 0.00715. The number of carbonyl (C=O) groups is 2. The van der Waals surface area contributed by atoms with Gasteiger partial charge < -0.3 is 9.74 Å². The van der Waals surface area contributed by atoms with Crippen LogP contribution in [0.3, 0.4) is 0 Å². The quantitative estimate of drug-likeness (QED) is 0.798. The molecular weight excluding hydrogens is 349 g/mol. The number of alkyl halides is 3. The number of amides is 1. The second kappa shape index (κ2) is 8.07. The number of benzene rings is 1. The lowest BCUT2D eigenvalue weighted by atomic mass is 9.72. The predicted octanol–water partition coefficient (Wildman–Crippen LogP) is 2.91. The maximum atomic E-state index is 13.2. The van der Waals surface area contributed by atoms with Crippen LogP contribution in [0.4, 0.5) is 13.2 Å². The summed E-state index contributed by atoms with van der Waals surface area (Å²) in [6.45, 7) is 5.00. The lowest BCUT2D eigenvalue weighted by Gasteiger charge is -2.42. The molecule has 0 bridgehead atoms. The van der Waals surface area contributed by atoms with Crippen LogP contribution in [-0.2, 0) is 19.8 Å². The molecule has 144 valence electrons. The van der Waals surface area contributed by atoms with Gasteiger partial charge in [-0.05, 0) is 32.3 Å². The minimum Gasteiger partial charge on any atom is -0.361 e. The monoisotopic (exact) mass is 372 g/mol. The Morgan fingerprint density at radius 1 is 1.12 bits per heavy atom. The lowest BCUT2D eigenvalue weighted by Crippen LogP contribution is -2.53. The predicted molar refractivity (Wildman–Crippen MR) is 89.0 cm³/mol. The summed E-state index contributed by atoms with van der Waals surface area (Å²) >= 11 is 0. The Labute approximate surface area is 150 Å². The molecule has 0 aliphatic carbocycles. The first-order chi connectivity index (χ1) is 12.2. The smallest absolute Gasteiger partial charge is 0.361 e.